The maximum absolute atomic E-state index is 6.80. The molecule has 10 rings (SSSR count). The molecule has 0 fully saturated rings. The lowest BCUT2D eigenvalue weighted by Gasteiger charge is -2.12. The van der Waals surface area contributed by atoms with Gasteiger partial charge in [0.15, 0.2) is 11.4 Å². The minimum absolute atomic E-state index is 0.779. The SMILES string of the molecule is c1ccc2nc(-n3c4ccccc4c4cc(-n5c6ccccc6c6ccccc65)c5oc6ccccc6c5c43)cnc2c1. The number of hydrogen-bond donors (Lipinski definition) is 0. The Bertz CT molecular complexity index is 2690. The lowest BCUT2D eigenvalue weighted by molar-refractivity contribution is 0.666. The molecule has 0 N–H and O–H groups in total. The van der Waals surface area contributed by atoms with Gasteiger partial charge in [0.2, 0.25) is 0 Å². The first-order valence-electron chi connectivity index (χ1n) is 14.4. The number of rotatable bonds is 2. The summed E-state index contributed by atoms with van der Waals surface area (Å²) in [5, 5.41) is 6.87. The number of aromatic nitrogens is 4. The Labute approximate surface area is 244 Å². The molecule has 4 aromatic heterocycles. The van der Waals surface area contributed by atoms with Crippen LogP contribution in [0.15, 0.2) is 138 Å². The first-order valence-corrected chi connectivity index (χ1v) is 14.4. The van der Waals surface area contributed by atoms with Gasteiger partial charge in [-0.25, -0.2) is 4.98 Å². The topological polar surface area (TPSA) is 48.8 Å². The molecule has 43 heavy (non-hydrogen) atoms. The molecule has 0 unspecified atom stereocenters. The number of fused-ring (bicyclic) bond motifs is 11. The number of para-hydroxylation sites is 6. The van der Waals surface area contributed by atoms with Crippen LogP contribution in [0.5, 0.6) is 0 Å². The minimum atomic E-state index is 0.779. The van der Waals surface area contributed by atoms with Crippen molar-refractivity contribution in [2.45, 2.75) is 0 Å². The highest BCUT2D eigenvalue weighted by molar-refractivity contribution is 6.27. The molecular weight excluding hydrogens is 528 g/mol. The van der Waals surface area contributed by atoms with Crippen molar-refractivity contribution in [2.75, 3.05) is 0 Å². The fraction of sp³-hybridized carbons (Fsp3) is 0. The van der Waals surface area contributed by atoms with Gasteiger partial charge in [0, 0.05) is 26.9 Å². The van der Waals surface area contributed by atoms with Crippen LogP contribution in [0.3, 0.4) is 0 Å². The molecule has 0 aliphatic heterocycles. The Kier molecular flexibility index (Phi) is 4.39. The van der Waals surface area contributed by atoms with E-state index in [2.05, 4.69) is 106 Å². The van der Waals surface area contributed by atoms with Gasteiger partial charge < -0.3 is 8.98 Å². The molecule has 0 spiro atoms. The fourth-order valence-electron chi connectivity index (χ4n) is 6.96. The van der Waals surface area contributed by atoms with E-state index < -0.39 is 0 Å². The molecular formula is C38H22N4O. The van der Waals surface area contributed by atoms with E-state index in [0.717, 1.165) is 77.3 Å². The van der Waals surface area contributed by atoms with Crippen LogP contribution in [-0.4, -0.2) is 19.1 Å². The van der Waals surface area contributed by atoms with E-state index in [-0.39, 0.29) is 0 Å². The van der Waals surface area contributed by atoms with Crippen molar-refractivity contribution >= 4 is 76.6 Å². The summed E-state index contributed by atoms with van der Waals surface area (Å²) < 4.78 is 11.4. The highest BCUT2D eigenvalue weighted by Crippen LogP contribution is 2.45. The van der Waals surface area contributed by atoms with Crippen molar-refractivity contribution < 1.29 is 4.42 Å². The molecule has 6 aromatic carbocycles. The molecule has 4 heterocycles. The predicted octanol–water partition coefficient (Wildman–Crippen LogP) is 9.72. The molecule has 5 heteroatoms. The third kappa shape index (κ3) is 3.00. The van der Waals surface area contributed by atoms with Crippen molar-refractivity contribution in [3.8, 4) is 11.5 Å². The Balaban J connectivity index is 1.45. The van der Waals surface area contributed by atoms with Crippen molar-refractivity contribution in [3.05, 3.63) is 134 Å². The van der Waals surface area contributed by atoms with Crippen LogP contribution >= 0.6 is 0 Å². The monoisotopic (exact) mass is 550 g/mol. The molecule has 0 bridgehead atoms. The Morgan fingerprint density at radius 1 is 0.512 bits per heavy atom. The summed E-state index contributed by atoms with van der Waals surface area (Å²) in [6, 6.07) is 44.4. The van der Waals surface area contributed by atoms with Crippen LogP contribution < -0.4 is 0 Å². The smallest absolute Gasteiger partial charge is 0.161 e. The van der Waals surface area contributed by atoms with E-state index >= 15 is 0 Å². The van der Waals surface area contributed by atoms with Crippen molar-refractivity contribution in [3.63, 3.8) is 0 Å². The molecule has 5 nitrogen and oxygen atoms in total. The van der Waals surface area contributed by atoms with Gasteiger partial charge in [-0.2, -0.15) is 0 Å². The number of benzene rings is 6. The van der Waals surface area contributed by atoms with Gasteiger partial charge in [-0.1, -0.05) is 84.9 Å². The zero-order chi connectivity index (χ0) is 28.1. The number of nitrogens with zero attached hydrogens (tertiary/aromatic N) is 4. The molecule has 0 saturated carbocycles. The highest BCUT2D eigenvalue weighted by atomic mass is 16.3. The maximum Gasteiger partial charge on any atom is 0.161 e. The van der Waals surface area contributed by atoms with Gasteiger partial charge in [-0.3, -0.25) is 9.55 Å². The van der Waals surface area contributed by atoms with Crippen LogP contribution in [0.25, 0.3) is 88.1 Å². The Morgan fingerprint density at radius 3 is 1.79 bits per heavy atom. The zero-order valence-corrected chi connectivity index (χ0v) is 22.9. The quantitative estimate of drug-likeness (QED) is 0.215. The van der Waals surface area contributed by atoms with Crippen LogP contribution in [0.1, 0.15) is 0 Å². The normalized spacial score (nSPS) is 12.2. The summed E-state index contributed by atoms with van der Waals surface area (Å²) in [6.07, 6.45) is 1.88. The highest BCUT2D eigenvalue weighted by Gasteiger charge is 2.24. The zero-order valence-electron chi connectivity index (χ0n) is 22.9. The fourth-order valence-corrected chi connectivity index (χ4v) is 6.96. The Morgan fingerprint density at radius 2 is 1.07 bits per heavy atom. The average molecular weight is 551 g/mol. The lowest BCUT2D eigenvalue weighted by Crippen LogP contribution is -2.00. The summed E-state index contributed by atoms with van der Waals surface area (Å²) >= 11 is 0. The maximum atomic E-state index is 6.80. The second-order valence-electron chi connectivity index (χ2n) is 11.0. The molecule has 10 aromatic rings. The van der Waals surface area contributed by atoms with Crippen molar-refractivity contribution in [2.24, 2.45) is 0 Å². The second-order valence-corrected chi connectivity index (χ2v) is 11.0. The predicted molar refractivity (Wildman–Crippen MR) is 175 cm³/mol. The van der Waals surface area contributed by atoms with Crippen LogP contribution in [0, 0.1) is 0 Å². The lowest BCUT2D eigenvalue weighted by atomic mass is 10.1. The van der Waals surface area contributed by atoms with Gasteiger partial charge >= 0.3 is 0 Å². The van der Waals surface area contributed by atoms with Crippen molar-refractivity contribution in [1.82, 2.24) is 19.1 Å². The number of hydrogen-bond acceptors (Lipinski definition) is 3. The summed E-state index contributed by atoms with van der Waals surface area (Å²) in [4.78, 5) is 9.90. The summed E-state index contributed by atoms with van der Waals surface area (Å²) in [6.45, 7) is 0. The van der Waals surface area contributed by atoms with Gasteiger partial charge in [0.1, 0.15) is 5.58 Å². The third-order valence-electron chi connectivity index (χ3n) is 8.75. The van der Waals surface area contributed by atoms with E-state index in [4.69, 9.17) is 14.4 Å². The van der Waals surface area contributed by atoms with Crippen molar-refractivity contribution in [1.29, 1.82) is 0 Å². The van der Waals surface area contributed by atoms with Crippen LogP contribution in [0.2, 0.25) is 0 Å². The molecule has 0 amide bonds. The molecule has 200 valence electrons. The van der Waals surface area contributed by atoms with Crippen LogP contribution in [-0.2, 0) is 0 Å². The van der Waals surface area contributed by atoms with E-state index in [1.165, 1.54) is 10.8 Å². The standard InChI is InChI=1S/C38H22N4O/c1-7-17-30-23(11-1)24-12-2-8-18-31(24)41(30)33-21-27-25-13-3-9-19-32(25)42(35-22-39-28-15-5-6-16-29(28)40-35)37(27)36-26-14-4-10-20-34(26)43-38(33)36/h1-22H. The van der Waals surface area contributed by atoms with Crippen LogP contribution in [0.4, 0.5) is 0 Å². The first kappa shape index (κ1) is 22.7. The molecule has 0 radical (unpaired) electrons. The third-order valence-corrected chi connectivity index (χ3v) is 8.75. The molecule has 0 atom stereocenters. The summed E-state index contributed by atoms with van der Waals surface area (Å²) in [5.41, 5.74) is 8.89. The Hall–Kier alpha value is -5.94. The van der Waals surface area contributed by atoms with Gasteiger partial charge in [-0.15, -0.1) is 0 Å². The van der Waals surface area contributed by atoms with E-state index in [0.29, 0.717) is 0 Å². The van der Waals surface area contributed by atoms with E-state index in [9.17, 15) is 0 Å². The molecule has 0 aliphatic carbocycles. The molecule has 0 aliphatic rings. The molecule has 0 saturated heterocycles. The van der Waals surface area contributed by atoms with E-state index in [1.54, 1.807) is 0 Å². The first-order chi connectivity index (χ1) is 21.3. The summed E-state index contributed by atoms with van der Waals surface area (Å²) in [7, 11) is 0. The van der Waals surface area contributed by atoms with E-state index in [1.807, 2.05) is 36.5 Å². The number of furan rings is 1. The van der Waals surface area contributed by atoms with Gasteiger partial charge in [-0.05, 0) is 42.5 Å². The average Bonchev–Trinajstić information content (AvgIpc) is 3.72. The second kappa shape index (κ2) is 8.30. The van der Waals surface area contributed by atoms with Gasteiger partial charge in [0.05, 0.1) is 50.4 Å². The largest absolute Gasteiger partial charge is 0.454 e. The minimum Gasteiger partial charge on any atom is -0.454 e. The van der Waals surface area contributed by atoms with Gasteiger partial charge in [0.25, 0.3) is 0 Å². The summed E-state index contributed by atoms with van der Waals surface area (Å²) in [5.74, 6) is 0.779.